The smallest absolute Gasteiger partial charge is 0.232 e. The summed E-state index contributed by atoms with van der Waals surface area (Å²) in [7, 11) is 2.33. The largest absolute Gasteiger partial charge is 0.457 e. The van der Waals surface area contributed by atoms with Gasteiger partial charge in [-0.15, -0.1) is 0 Å². The van der Waals surface area contributed by atoms with Gasteiger partial charge in [0.25, 0.3) is 0 Å². The number of amides is 1. The number of piperidine rings is 3. The van der Waals surface area contributed by atoms with Crippen molar-refractivity contribution in [3.63, 3.8) is 0 Å². The molecule has 6 rings (SSSR count). The van der Waals surface area contributed by atoms with Crippen molar-refractivity contribution in [1.82, 2.24) is 5.32 Å². The van der Waals surface area contributed by atoms with Crippen molar-refractivity contribution in [3.05, 3.63) is 59.7 Å². The molecule has 2 aromatic carbocycles. The highest BCUT2D eigenvalue weighted by Gasteiger charge is 2.45. The molecule has 2 aromatic rings. The average Bonchev–Trinajstić information content (AvgIpc) is 2.66. The number of rotatable bonds is 2. The zero-order valence-corrected chi connectivity index (χ0v) is 15.2. The minimum Gasteiger partial charge on any atom is -0.457 e. The second-order valence-corrected chi connectivity index (χ2v) is 8.31. The van der Waals surface area contributed by atoms with Crippen LogP contribution >= 0.6 is 0 Å². The van der Waals surface area contributed by atoms with Gasteiger partial charge in [0.05, 0.1) is 38.6 Å². The Bertz CT molecular complexity index is 809. The van der Waals surface area contributed by atoms with Crippen LogP contribution in [0.15, 0.2) is 48.5 Å². The van der Waals surface area contributed by atoms with E-state index in [9.17, 15) is 4.79 Å². The molecule has 4 aliphatic heterocycles. The molecule has 1 atom stereocenters. The van der Waals surface area contributed by atoms with Crippen LogP contribution < -0.4 is 10.1 Å². The van der Waals surface area contributed by atoms with Gasteiger partial charge < -0.3 is 14.5 Å². The third-order valence-corrected chi connectivity index (χ3v) is 6.56. The van der Waals surface area contributed by atoms with E-state index in [0.717, 1.165) is 33.7 Å². The Morgan fingerprint density at radius 2 is 1.58 bits per heavy atom. The Labute approximate surface area is 154 Å². The number of nitrogens with zero attached hydrogens (tertiary/aromatic N) is 1. The van der Waals surface area contributed by atoms with E-state index in [0.29, 0.717) is 5.92 Å². The number of benzene rings is 2. The third-order valence-electron chi connectivity index (χ3n) is 6.56. The highest BCUT2D eigenvalue weighted by Crippen LogP contribution is 2.44. The number of likely N-dealkylation sites (N-methyl/N-ethyl adjacent to an activating group) is 1. The van der Waals surface area contributed by atoms with Crippen molar-refractivity contribution < 1.29 is 14.0 Å². The molecule has 4 nitrogen and oxygen atoms in total. The Morgan fingerprint density at radius 3 is 2.15 bits per heavy atom. The zero-order chi connectivity index (χ0) is 17.7. The number of hydrogen-bond acceptors (Lipinski definition) is 2. The van der Waals surface area contributed by atoms with Crippen LogP contribution in [0.25, 0.3) is 0 Å². The minimum atomic E-state index is -0.295. The van der Waals surface area contributed by atoms with E-state index in [4.69, 9.17) is 4.74 Å². The summed E-state index contributed by atoms with van der Waals surface area (Å²) in [6, 6.07) is 16.1. The zero-order valence-electron chi connectivity index (χ0n) is 15.2. The van der Waals surface area contributed by atoms with Crippen LogP contribution in [0.2, 0.25) is 0 Å². The van der Waals surface area contributed by atoms with Gasteiger partial charge in [-0.2, -0.15) is 0 Å². The molecule has 1 N–H and O–H groups in total. The molecule has 4 heterocycles. The maximum atomic E-state index is 13.4. The molecule has 3 saturated heterocycles. The molecule has 4 aliphatic rings. The van der Waals surface area contributed by atoms with Crippen LogP contribution in [0.3, 0.4) is 0 Å². The number of para-hydroxylation sites is 2. The SMILES string of the molecule is C[N+]12CCC(CC1)C(NC(=O)C1c3ccccc3Oc3ccccc31)C2. The molecule has 4 heteroatoms. The van der Waals surface area contributed by atoms with Crippen LogP contribution in [-0.4, -0.2) is 43.1 Å². The summed E-state index contributed by atoms with van der Waals surface area (Å²) in [4.78, 5) is 13.4. The maximum absolute atomic E-state index is 13.4. The molecule has 1 amide bonds. The molecule has 2 bridgehead atoms. The van der Waals surface area contributed by atoms with E-state index in [1.54, 1.807) is 0 Å². The fourth-order valence-electron chi connectivity index (χ4n) is 5.04. The quantitative estimate of drug-likeness (QED) is 0.845. The first-order valence-electron chi connectivity index (χ1n) is 9.63. The van der Waals surface area contributed by atoms with Crippen molar-refractivity contribution in [2.75, 3.05) is 26.7 Å². The van der Waals surface area contributed by atoms with E-state index in [1.165, 1.54) is 25.9 Å². The van der Waals surface area contributed by atoms with Crippen LogP contribution in [0.1, 0.15) is 29.9 Å². The van der Waals surface area contributed by atoms with Gasteiger partial charge in [0.1, 0.15) is 11.5 Å². The van der Waals surface area contributed by atoms with Crippen LogP contribution in [-0.2, 0) is 4.79 Å². The number of hydrogen-bond donors (Lipinski definition) is 1. The molecular weight excluding hydrogens is 324 g/mol. The molecule has 134 valence electrons. The highest BCUT2D eigenvalue weighted by atomic mass is 16.5. The van der Waals surface area contributed by atoms with E-state index in [2.05, 4.69) is 12.4 Å². The molecule has 0 spiro atoms. The molecule has 1 unspecified atom stereocenters. The van der Waals surface area contributed by atoms with E-state index in [-0.39, 0.29) is 17.9 Å². The first kappa shape index (κ1) is 15.9. The van der Waals surface area contributed by atoms with Gasteiger partial charge in [0.15, 0.2) is 0 Å². The van der Waals surface area contributed by atoms with Crippen LogP contribution in [0.4, 0.5) is 0 Å². The van der Waals surface area contributed by atoms with Gasteiger partial charge in [-0.05, 0) is 18.1 Å². The van der Waals surface area contributed by atoms with Gasteiger partial charge in [0, 0.05) is 24.0 Å². The first-order valence-corrected chi connectivity index (χ1v) is 9.63. The minimum absolute atomic E-state index is 0.110. The summed E-state index contributed by atoms with van der Waals surface area (Å²) in [6.07, 6.45) is 2.45. The molecule has 0 aliphatic carbocycles. The first-order chi connectivity index (χ1) is 12.6. The summed E-state index contributed by atoms with van der Waals surface area (Å²) in [5.74, 6) is 2.03. The Morgan fingerprint density at radius 1 is 1.00 bits per heavy atom. The van der Waals surface area contributed by atoms with Gasteiger partial charge in [-0.1, -0.05) is 36.4 Å². The standard InChI is InChI=1S/C22H24N2O2/c1-24-12-10-15(11-13-24)18(14-24)23-22(25)21-16-6-2-4-8-19(16)26-20-9-5-3-7-17(20)21/h2-9,15,18,21H,10-14H2,1H3/p+1. The second kappa shape index (κ2) is 5.85. The number of fused-ring (bicyclic) bond motifs is 5. The summed E-state index contributed by atoms with van der Waals surface area (Å²) in [5.41, 5.74) is 1.93. The summed E-state index contributed by atoms with van der Waals surface area (Å²) in [6.45, 7) is 3.56. The predicted molar refractivity (Wildman–Crippen MR) is 100 cm³/mol. The molecule has 3 fully saturated rings. The van der Waals surface area contributed by atoms with Crippen molar-refractivity contribution in [3.8, 4) is 11.5 Å². The van der Waals surface area contributed by atoms with Gasteiger partial charge in [-0.3, -0.25) is 4.79 Å². The maximum Gasteiger partial charge on any atom is 0.232 e. The second-order valence-electron chi connectivity index (χ2n) is 8.31. The lowest BCUT2D eigenvalue weighted by Gasteiger charge is -2.50. The summed E-state index contributed by atoms with van der Waals surface area (Å²) >= 11 is 0. The monoisotopic (exact) mass is 349 g/mol. The van der Waals surface area contributed by atoms with Crippen molar-refractivity contribution in [2.24, 2.45) is 5.92 Å². The predicted octanol–water partition coefficient (Wildman–Crippen LogP) is 3.28. The van der Waals surface area contributed by atoms with E-state index in [1.807, 2.05) is 48.5 Å². The molecule has 0 saturated carbocycles. The van der Waals surface area contributed by atoms with Crippen LogP contribution in [0.5, 0.6) is 11.5 Å². The van der Waals surface area contributed by atoms with Crippen LogP contribution in [0, 0.1) is 5.92 Å². The van der Waals surface area contributed by atoms with Crippen molar-refractivity contribution in [1.29, 1.82) is 0 Å². The molecule has 0 radical (unpaired) electrons. The van der Waals surface area contributed by atoms with E-state index < -0.39 is 0 Å². The lowest BCUT2D eigenvalue weighted by molar-refractivity contribution is -0.925. The Balaban J connectivity index is 1.47. The normalized spacial score (nSPS) is 29.4. The van der Waals surface area contributed by atoms with Crippen molar-refractivity contribution >= 4 is 5.91 Å². The Hall–Kier alpha value is -2.33. The summed E-state index contributed by atoms with van der Waals surface area (Å²) in [5, 5.41) is 3.42. The molecule has 0 aromatic heterocycles. The molecular formula is C22H25N2O2+. The number of ether oxygens (including phenoxy) is 1. The van der Waals surface area contributed by atoms with Gasteiger partial charge >= 0.3 is 0 Å². The average molecular weight is 349 g/mol. The fraction of sp³-hybridized carbons (Fsp3) is 0.409. The number of nitrogens with one attached hydrogen (secondary N) is 1. The Kier molecular flexibility index (Phi) is 3.57. The topological polar surface area (TPSA) is 38.3 Å². The van der Waals surface area contributed by atoms with Gasteiger partial charge in [-0.25, -0.2) is 0 Å². The lowest BCUT2D eigenvalue weighted by atomic mass is 9.81. The van der Waals surface area contributed by atoms with Crippen molar-refractivity contribution in [2.45, 2.75) is 24.8 Å². The summed E-state index contributed by atoms with van der Waals surface area (Å²) < 4.78 is 7.13. The number of carbonyl (C=O) groups is 1. The number of carbonyl (C=O) groups excluding carboxylic acids is 1. The fourth-order valence-corrected chi connectivity index (χ4v) is 5.04. The highest BCUT2D eigenvalue weighted by molar-refractivity contribution is 5.89. The number of quaternary nitrogens is 1. The third kappa shape index (κ3) is 2.52. The molecule has 26 heavy (non-hydrogen) atoms. The van der Waals surface area contributed by atoms with Gasteiger partial charge in [0.2, 0.25) is 5.91 Å². The lowest BCUT2D eigenvalue weighted by Crippen LogP contribution is -2.65. The van der Waals surface area contributed by atoms with E-state index >= 15 is 0 Å².